The molecule has 2 fully saturated rings. The van der Waals surface area contributed by atoms with Crippen LogP contribution in [0.4, 0.5) is 0 Å². The van der Waals surface area contributed by atoms with E-state index in [0.717, 1.165) is 5.56 Å². The zero-order valence-electron chi connectivity index (χ0n) is 16.6. The highest BCUT2D eigenvalue weighted by Gasteiger charge is 2.43. The molecule has 29 heavy (non-hydrogen) atoms. The number of nitrogens with zero attached hydrogens (tertiary/aromatic N) is 2. The van der Waals surface area contributed by atoms with Crippen molar-refractivity contribution < 1.29 is 24.2 Å². The minimum atomic E-state index is -0.929. The standard InChI is InChI=1S/C21H27N3O5/c1-14-2-3-17-16(12-14)20(28)22-21(29-17)7-4-18(26)24(11-8-21)13-19(27)23-9-5-15(25)6-10-23/h2-3,12,15,25H,4-11,13H2,1H3,(H,22,28)/t21-/m0/s1. The molecule has 1 aromatic rings. The van der Waals surface area contributed by atoms with Crippen LogP contribution < -0.4 is 10.1 Å². The lowest BCUT2D eigenvalue weighted by molar-refractivity contribution is -0.141. The fraction of sp³-hybridized carbons (Fsp3) is 0.571. The summed E-state index contributed by atoms with van der Waals surface area (Å²) < 4.78 is 6.16. The second-order valence-electron chi connectivity index (χ2n) is 8.23. The van der Waals surface area contributed by atoms with Crippen LogP contribution in [0.25, 0.3) is 0 Å². The van der Waals surface area contributed by atoms with E-state index in [-0.39, 0.29) is 36.8 Å². The van der Waals surface area contributed by atoms with Gasteiger partial charge in [-0.1, -0.05) is 11.6 Å². The molecule has 1 aromatic carbocycles. The summed E-state index contributed by atoms with van der Waals surface area (Å²) in [6, 6.07) is 5.48. The number of hydrogen-bond acceptors (Lipinski definition) is 5. The van der Waals surface area contributed by atoms with Gasteiger partial charge in [0.25, 0.3) is 5.91 Å². The Bertz CT molecular complexity index is 834. The fourth-order valence-electron chi connectivity index (χ4n) is 4.23. The second-order valence-corrected chi connectivity index (χ2v) is 8.23. The van der Waals surface area contributed by atoms with E-state index in [1.54, 1.807) is 21.9 Å². The number of benzene rings is 1. The highest BCUT2D eigenvalue weighted by Crippen LogP contribution is 2.34. The molecule has 2 saturated heterocycles. The van der Waals surface area contributed by atoms with Crippen LogP contribution in [0.2, 0.25) is 0 Å². The summed E-state index contributed by atoms with van der Waals surface area (Å²) in [5, 5.41) is 12.6. The summed E-state index contributed by atoms with van der Waals surface area (Å²) in [4.78, 5) is 41.1. The third kappa shape index (κ3) is 4.07. The molecule has 1 atom stereocenters. The Morgan fingerprint density at radius 2 is 2.00 bits per heavy atom. The number of fused-ring (bicyclic) bond motifs is 1. The van der Waals surface area contributed by atoms with Crippen molar-refractivity contribution in [3.05, 3.63) is 29.3 Å². The van der Waals surface area contributed by atoms with Crippen LogP contribution in [-0.2, 0) is 9.59 Å². The van der Waals surface area contributed by atoms with Crippen molar-refractivity contribution in [2.45, 2.75) is 50.9 Å². The second kappa shape index (κ2) is 7.67. The number of ether oxygens (including phenoxy) is 1. The average molecular weight is 401 g/mol. The van der Waals surface area contributed by atoms with Crippen LogP contribution in [0.5, 0.6) is 5.75 Å². The molecule has 156 valence electrons. The molecule has 3 aliphatic heterocycles. The molecule has 0 aliphatic carbocycles. The number of aliphatic hydroxyl groups is 1. The first-order valence-electron chi connectivity index (χ1n) is 10.2. The molecule has 0 bridgehead atoms. The van der Waals surface area contributed by atoms with Gasteiger partial charge >= 0.3 is 0 Å². The first kappa shape index (κ1) is 19.7. The van der Waals surface area contributed by atoms with Crippen molar-refractivity contribution in [1.82, 2.24) is 15.1 Å². The number of hydrogen-bond donors (Lipinski definition) is 2. The van der Waals surface area contributed by atoms with Crippen molar-refractivity contribution in [2.24, 2.45) is 0 Å². The van der Waals surface area contributed by atoms with Crippen LogP contribution >= 0.6 is 0 Å². The first-order valence-corrected chi connectivity index (χ1v) is 10.2. The summed E-state index contributed by atoms with van der Waals surface area (Å²) in [6.45, 7) is 3.31. The number of amides is 3. The van der Waals surface area contributed by atoms with Crippen molar-refractivity contribution in [3.63, 3.8) is 0 Å². The van der Waals surface area contributed by atoms with Crippen LogP contribution in [-0.4, -0.2) is 70.6 Å². The molecule has 0 unspecified atom stereocenters. The van der Waals surface area contributed by atoms with Gasteiger partial charge in [0.1, 0.15) is 5.75 Å². The maximum absolute atomic E-state index is 12.6. The molecule has 3 heterocycles. The number of likely N-dealkylation sites (tertiary alicyclic amines) is 2. The van der Waals surface area contributed by atoms with Crippen molar-refractivity contribution in [3.8, 4) is 5.75 Å². The summed E-state index contributed by atoms with van der Waals surface area (Å²) >= 11 is 0. The normalized spacial score (nSPS) is 25.3. The SMILES string of the molecule is Cc1ccc2c(c1)C(=O)N[C@@]1(CCC(=O)N(CC(=O)N3CCC(O)CC3)CC1)O2. The van der Waals surface area contributed by atoms with E-state index in [4.69, 9.17) is 4.74 Å². The van der Waals surface area contributed by atoms with Crippen molar-refractivity contribution in [1.29, 1.82) is 0 Å². The van der Waals surface area contributed by atoms with Gasteiger partial charge in [0, 0.05) is 38.9 Å². The number of aliphatic hydroxyl groups excluding tert-OH is 1. The Labute approximate surface area is 169 Å². The molecule has 8 heteroatoms. The number of nitrogens with one attached hydrogen (secondary N) is 1. The van der Waals surface area contributed by atoms with Gasteiger partial charge in [-0.05, 0) is 31.9 Å². The molecule has 4 rings (SSSR count). The maximum atomic E-state index is 12.6. The molecule has 0 radical (unpaired) electrons. The van der Waals surface area contributed by atoms with Gasteiger partial charge in [-0.2, -0.15) is 0 Å². The van der Waals surface area contributed by atoms with E-state index in [9.17, 15) is 19.5 Å². The van der Waals surface area contributed by atoms with Crippen molar-refractivity contribution in [2.75, 3.05) is 26.2 Å². The van der Waals surface area contributed by atoms with Gasteiger partial charge < -0.3 is 25.0 Å². The van der Waals surface area contributed by atoms with E-state index < -0.39 is 5.72 Å². The molecule has 2 N–H and O–H groups in total. The Kier molecular flexibility index (Phi) is 5.21. The predicted octanol–water partition coefficient (Wildman–Crippen LogP) is 0.809. The third-order valence-electron chi connectivity index (χ3n) is 6.05. The van der Waals surface area contributed by atoms with E-state index in [2.05, 4.69) is 5.32 Å². The van der Waals surface area contributed by atoms with E-state index in [1.807, 2.05) is 13.0 Å². The predicted molar refractivity (Wildman–Crippen MR) is 104 cm³/mol. The fourth-order valence-corrected chi connectivity index (χ4v) is 4.23. The average Bonchev–Trinajstić information content (AvgIpc) is 2.83. The zero-order valence-corrected chi connectivity index (χ0v) is 16.6. The Hall–Kier alpha value is -2.61. The molecule has 3 aliphatic rings. The molecule has 0 saturated carbocycles. The highest BCUT2D eigenvalue weighted by molar-refractivity contribution is 5.98. The quantitative estimate of drug-likeness (QED) is 0.764. The van der Waals surface area contributed by atoms with Crippen LogP contribution in [0, 0.1) is 6.92 Å². The summed E-state index contributed by atoms with van der Waals surface area (Å²) in [7, 11) is 0. The molecule has 8 nitrogen and oxygen atoms in total. The number of rotatable bonds is 2. The van der Waals surface area contributed by atoms with Crippen molar-refractivity contribution >= 4 is 17.7 Å². The minimum Gasteiger partial charge on any atom is -0.467 e. The largest absolute Gasteiger partial charge is 0.467 e. The van der Waals surface area contributed by atoms with Crippen LogP contribution in [0.1, 0.15) is 48.0 Å². The summed E-state index contributed by atoms with van der Waals surface area (Å²) in [5.41, 5.74) is 0.553. The highest BCUT2D eigenvalue weighted by atomic mass is 16.5. The van der Waals surface area contributed by atoms with E-state index in [0.29, 0.717) is 56.6 Å². The van der Waals surface area contributed by atoms with Gasteiger partial charge in [0.05, 0.1) is 18.2 Å². The molecule has 3 amide bonds. The van der Waals surface area contributed by atoms with Gasteiger partial charge in [-0.3, -0.25) is 14.4 Å². The van der Waals surface area contributed by atoms with Crippen LogP contribution in [0.15, 0.2) is 18.2 Å². The van der Waals surface area contributed by atoms with Crippen LogP contribution in [0.3, 0.4) is 0 Å². The van der Waals surface area contributed by atoms with Gasteiger partial charge in [0.2, 0.25) is 11.8 Å². The zero-order chi connectivity index (χ0) is 20.6. The molecule has 1 spiro atoms. The number of piperidine rings is 1. The Balaban J connectivity index is 1.43. The molecule has 0 aromatic heterocycles. The number of carbonyl (C=O) groups is 3. The lowest BCUT2D eigenvalue weighted by atomic mass is 9.99. The molecular formula is C21H27N3O5. The smallest absolute Gasteiger partial charge is 0.258 e. The lowest BCUT2D eigenvalue weighted by Crippen LogP contribution is -2.56. The monoisotopic (exact) mass is 401 g/mol. The maximum Gasteiger partial charge on any atom is 0.258 e. The lowest BCUT2D eigenvalue weighted by Gasteiger charge is -2.38. The molecular weight excluding hydrogens is 374 g/mol. The van der Waals surface area contributed by atoms with Gasteiger partial charge in [-0.15, -0.1) is 0 Å². The third-order valence-corrected chi connectivity index (χ3v) is 6.05. The van der Waals surface area contributed by atoms with E-state index >= 15 is 0 Å². The topological polar surface area (TPSA) is 99.2 Å². The summed E-state index contributed by atoms with van der Waals surface area (Å²) in [5.74, 6) is 0.123. The Morgan fingerprint density at radius 3 is 2.76 bits per heavy atom. The number of carbonyl (C=O) groups excluding carboxylic acids is 3. The van der Waals surface area contributed by atoms with E-state index in [1.165, 1.54) is 0 Å². The van der Waals surface area contributed by atoms with Gasteiger partial charge in [-0.25, -0.2) is 0 Å². The Morgan fingerprint density at radius 1 is 1.24 bits per heavy atom. The van der Waals surface area contributed by atoms with Gasteiger partial charge in [0.15, 0.2) is 5.72 Å². The summed E-state index contributed by atoms with van der Waals surface area (Å²) in [6.07, 6.45) is 1.78. The number of aryl methyl sites for hydroxylation is 1. The first-order chi connectivity index (χ1) is 13.8. The minimum absolute atomic E-state index is 0.0226.